The molecule has 38 heavy (non-hydrogen) atoms. The first-order valence-electron chi connectivity index (χ1n) is 12.3. The monoisotopic (exact) mass is 566 g/mol. The van der Waals surface area contributed by atoms with Crippen molar-refractivity contribution in [3.05, 3.63) is 53.1 Å². The van der Waals surface area contributed by atoms with Gasteiger partial charge >= 0.3 is 6.09 Å². The fraction of sp³-hybridized carbons (Fsp3) is 0.462. The van der Waals surface area contributed by atoms with Gasteiger partial charge in [0.05, 0.1) is 26.4 Å². The Morgan fingerprint density at radius 2 is 1.71 bits per heavy atom. The number of piperazine rings is 1. The molecule has 0 atom stereocenters. The molecular weight excluding hydrogens is 538 g/mol. The predicted molar refractivity (Wildman–Crippen MR) is 140 cm³/mol. The van der Waals surface area contributed by atoms with E-state index >= 15 is 0 Å². The van der Waals surface area contributed by atoms with Crippen molar-refractivity contribution < 1.29 is 26.7 Å². The van der Waals surface area contributed by atoms with Crippen molar-refractivity contribution in [3.8, 4) is 0 Å². The zero-order chi connectivity index (χ0) is 27.7. The first-order chi connectivity index (χ1) is 17.6. The lowest BCUT2D eigenvalue weighted by atomic mass is 10.1. The van der Waals surface area contributed by atoms with E-state index in [0.29, 0.717) is 35.9 Å². The van der Waals surface area contributed by atoms with Crippen molar-refractivity contribution in [1.29, 1.82) is 0 Å². The summed E-state index contributed by atoms with van der Waals surface area (Å²) in [5, 5.41) is 5.36. The third-order valence-electron chi connectivity index (χ3n) is 6.88. The lowest BCUT2D eigenvalue weighted by Gasteiger charge is -2.42. The molecule has 0 unspecified atom stereocenters. The minimum absolute atomic E-state index is 0.169. The van der Waals surface area contributed by atoms with Crippen LogP contribution in [0.15, 0.2) is 47.4 Å². The number of ether oxygens (including phenoxy) is 1. The van der Waals surface area contributed by atoms with E-state index in [0.717, 1.165) is 48.1 Å². The highest BCUT2D eigenvalue weighted by molar-refractivity contribution is 7.90. The molecule has 1 saturated carbocycles. The molecule has 1 amide bonds. The highest BCUT2D eigenvalue weighted by atomic mass is 35.5. The van der Waals surface area contributed by atoms with Gasteiger partial charge in [0.1, 0.15) is 5.60 Å². The van der Waals surface area contributed by atoms with Gasteiger partial charge in [0.15, 0.2) is 5.82 Å². The Morgan fingerprint density at radius 1 is 1.05 bits per heavy atom. The molecule has 0 radical (unpaired) electrons. The van der Waals surface area contributed by atoms with E-state index in [1.54, 1.807) is 23.1 Å². The van der Waals surface area contributed by atoms with E-state index < -0.39 is 27.1 Å². The number of hydrogen-bond donors (Lipinski definition) is 0. The van der Waals surface area contributed by atoms with Crippen LogP contribution in [0.25, 0.3) is 10.9 Å². The Labute approximate surface area is 225 Å². The second kappa shape index (κ2) is 8.81. The van der Waals surface area contributed by atoms with Crippen molar-refractivity contribution in [3.63, 3.8) is 0 Å². The standard InChI is InChI=1S/C26H29ClF2N4O4S/c1-24(2,3)37-23(34)31-14-15-32(26(16-31)12-13-26)22-21-19(27)6-5-7-20(21)33(30-22)38(35,36)18-10-8-17(9-11-18)25(4,28)29/h5-11H,12-16H2,1-4H3. The first kappa shape index (κ1) is 26.7. The Hall–Kier alpha value is -2.92. The largest absolute Gasteiger partial charge is 0.444 e. The third kappa shape index (κ3) is 4.70. The molecule has 0 bridgehead atoms. The van der Waals surface area contributed by atoms with Gasteiger partial charge in [0.25, 0.3) is 15.9 Å². The zero-order valence-electron chi connectivity index (χ0n) is 21.5. The van der Waals surface area contributed by atoms with Crippen LogP contribution >= 0.6 is 11.6 Å². The molecule has 1 aromatic heterocycles. The predicted octanol–water partition coefficient (Wildman–Crippen LogP) is 5.63. The van der Waals surface area contributed by atoms with E-state index in [1.807, 2.05) is 25.7 Å². The number of carbonyl (C=O) groups is 1. The molecule has 1 aliphatic carbocycles. The average Bonchev–Trinajstić information content (AvgIpc) is 3.45. The van der Waals surface area contributed by atoms with Gasteiger partial charge in [-0.25, -0.2) is 13.6 Å². The topological polar surface area (TPSA) is 84.7 Å². The van der Waals surface area contributed by atoms with Crippen LogP contribution in [0.5, 0.6) is 0 Å². The number of rotatable bonds is 4. The van der Waals surface area contributed by atoms with Gasteiger partial charge in [0, 0.05) is 32.1 Å². The lowest BCUT2D eigenvalue weighted by molar-refractivity contribution is 0.0172. The van der Waals surface area contributed by atoms with E-state index in [2.05, 4.69) is 5.10 Å². The molecule has 2 aromatic carbocycles. The van der Waals surface area contributed by atoms with E-state index in [1.165, 1.54) is 0 Å². The number of anilines is 1. The summed E-state index contributed by atoms with van der Waals surface area (Å²) in [6, 6.07) is 9.42. The van der Waals surface area contributed by atoms with Crippen LogP contribution in [0.2, 0.25) is 5.02 Å². The molecule has 2 heterocycles. The lowest BCUT2D eigenvalue weighted by Crippen LogP contribution is -2.57. The molecule has 1 aliphatic heterocycles. The maximum atomic E-state index is 13.7. The first-order valence-corrected chi connectivity index (χ1v) is 14.1. The van der Waals surface area contributed by atoms with Crippen LogP contribution < -0.4 is 4.90 Å². The summed E-state index contributed by atoms with van der Waals surface area (Å²) in [4.78, 5) is 16.3. The zero-order valence-corrected chi connectivity index (χ0v) is 23.1. The van der Waals surface area contributed by atoms with Crippen LogP contribution in [-0.4, -0.2) is 59.4 Å². The average molecular weight is 567 g/mol. The number of amides is 1. The van der Waals surface area contributed by atoms with Crippen LogP contribution in [0.1, 0.15) is 46.1 Å². The summed E-state index contributed by atoms with van der Waals surface area (Å²) in [5.74, 6) is -2.69. The summed E-state index contributed by atoms with van der Waals surface area (Å²) >= 11 is 6.58. The summed E-state index contributed by atoms with van der Waals surface area (Å²) < 4.78 is 61.1. The molecule has 8 nitrogen and oxygen atoms in total. The number of aromatic nitrogens is 2. The van der Waals surface area contributed by atoms with Crippen LogP contribution in [0, 0.1) is 0 Å². The second-order valence-corrected chi connectivity index (χ2v) is 13.2. The summed E-state index contributed by atoms with van der Waals surface area (Å²) in [5.41, 5.74) is -1.03. The highest BCUT2D eigenvalue weighted by Gasteiger charge is 2.54. The van der Waals surface area contributed by atoms with Crippen molar-refractivity contribution in [1.82, 2.24) is 14.1 Å². The highest BCUT2D eigenvalue weighted by Crippen LogP contribution is 2.49. The number of nitrogens with zero attached hydrogens (tertiary/aromatic N) is 4. The molecular formula is C26H29ClF2N4O4S. The molecule has 2 aliphatic rings. The fourth-order valence-electron chi connectivity index (χ4n) is 4.84. The SMILES string of the molecule is CC(C)(C)OC(=O)N1CCN(c2nn(S(=O)(=O)c3ccc(C(C)(F)F)cc3)c3cccc(Cl)c23)C2(CC2)C1. The van der Waals surface area contributed by atoms with Crippen molar-refractivity contribution in [2.75, 3.05) is 24.5 Å². The van der Waals surface area contributed by atoms with Crippen LogP contribution in [-0.2, 0) is 20.7 Å². The molecule has 1 spiro atoms. The Kier molecular flexibility index (Phi) is 6.18. The van der Waals surface area contributed by atoms with Gasteiger partial charge in [0.2, 0.25) is 0 Å². The van der Waals surface area contributed by atoms with Crippen molar-refractivity contribution in [2.45, 2.75) is 62.5 Å². The molecule has 3 aromatic rings. The number of hydrogen-bond acceptors (Lipinski definition) is 6. The molecule has 1 saturated heterocycles. The second-order valence-electron chi connectivity index (χ2n) is 11.0. The molecule has 0 N–H and O–H groups in total. The Bertz CT molecular complexity index is 1510. The van der Waals surface area contributed by atoms with E-state index in [9.17, 15) is 22.0 Å². The number of alkyl halides is 2. The molecule has 12 heteroatoms. The van der Waals surface area contributed by atoms with Gasteiger partial charge in [-0.05, 0) is 57.9 Å². The number of benzene rings is 2. The Morgan fingerprint density at radius 3 is 2.29 bits per heavy atom. The molecule has 204 valence electrons. The van der Waals surface area contributed by atoms with E-state index in [4.69, 9.17) is 16.3 Å². The van der Waals surface area contributed by atoms with Crippen molar-refractivity contribution >= 4 is 44.4 Å². The summed E-state index contributed by atoms with van der Waals surface area (Å²) in [7, 11) is -4.23. The van der Waals surface area contributed by atoms with Gasteiger partial charge in [-0.3, -0.25) is 0 Å². The van der Waals surface area contributed by atoms with Gasteiger partial charge in [-0.1, -0.05) is 29.8 Å². The maximum absolute atomic E-state index is 13.7. The third-order valence-corrected chi connectivity index (χ3v) is 8.80. The summed E-state index contributed by atoms with van der Waals surface area (Å²) in [6.07, 6.45) is 1.20. The normalized spacial score (nSPS) is 17.8. The molecule has 5 rings (SSSR count). The smallest absolute Gasteiger partial charge is 0.410 e. The van der Waals surface area contributed by atoms with Gasteiger partial charge < -0.3 is 14.5 Å². The number of fused-ring (bicyclic) bond motifs is 1. The maximum Gasteiger partial charge on any atom is 0.410 e. The minimum Gasteiger partial charge on any atom is -0.444 e. The Balaban J connectivity index is 1.53. The van der Waals surface area contributed by atoms with Gasteiger partial charge in [-0.15, -0.1) is 5.10 Å². The number of halogens is 3. The van der Waals surface area contributed by atoms with Crippen LogP contribution in [0.4, 0.5) is 19.4 Å². The van der Waals surface area contributed by atoms with Crippen LogP contribution in [0.3, 0.4) is 0 Å². The summed E-state index contributed by atoms with van der Waals surface area (Å²) in [6.45, 7) is 7.40. The minimum atomic E-state index is -4.23. The van der Waals surface area contributed by atoms with Crippen molar-refractivity contribution in [2.24, 2.45) is 0 Å². The van der Waals surface area contributed by atoms with E-state index in [-0.39, 0.29) is 22.1 Å². The fourth-order valence-corrected chi connectivity index (χ4v) is 6.37. The molecule has 2 fully saturated rings. The number of carbonyl (C=O) groups excluding carboxylic acids is 1. The quantitative estimate of drug-likeness (QED) is 0.407. The van der Waals surface area contributed by atoms with Gasteiger partial charge in [-0.2, -0.15) is 12.5 Å².